The summed E-state index contributed by atoms with van der Waals surface area (Å²) in [7, 11) is 0. The Kier molecular flexibility index (Phi) is 6.50. The van der Waals surface area contributed by atoms with E-state index in [1.54, 1.807) is 6.20 Å². The predicted octanol–water partition coefficient (Wildman–Crippen LogP) is 7.05. The highest BCUT2D eigenvalue weighted by Crippen LogP contribution is 2.42. The summed E-state index contributed by atoms with van der Waals surface area (Å²) in [4.78, 5) is 4.39. The smallest absolute Gasteiger partial charge is 0.146 e. The molecule has 0 fully saturated rings. The van der Waals surface area contributed by atoms with Crippen molar-refractivity contribution in [1.82, 2.24) is 4.98 Å². The van der Waals surface area contributed by atoms with Crippen molar-refractivity contribution < 1.29 is 10.2 Å². The van der Waals surface area contributed by atoms with Gasteiger partial charge in [0.25, 0.3) is 0 Å². The Bertz CT molecular complexity index is 1060. The van der Waals surface area contributed by atoms with E-state index in [9.17, 15) is 10.2 Å². The van der Waals surface area contributed by atoms with Gasteiger partial charge >= 0.3 is 0 Å². The molecule has 0 aliphatic rings. The third-order valence-corrected chi connectivity index (χ3v) is 5.24. The molecule has 0 bridgehead atoms. The molecule has 0 radical (unpaired) electrons. The Labute approximate surface area is 178 Å². The van der Waals surface area contributed by atoms with Crippen LogP contribution in [0.3, 0.4) is 0 Å². The topological polar surface area (TPSA) is 78.1 Å². The molecule has 0 saturated carbocycles. The lowest BCUT2D eigenvalue weighted by molar-refractivity contribution is 0.463. The third kappa shape index (κ3) is 4.51. The second kappa shape index (κ2) is 9.08. The molecule has 1 aromatic heterocycles. The van der Waals surface area contributed by atoms with Gasteiger partial charge in [-0.05, 0) is 53.1 Å². The Morgan fingerprint density at radius 1 is 0.800 bits per heavy atom. The van der Waals surface area contributed by atoms with Crippen LogP contribution >= 0.6 is 0 Å². The van der Waals surface area contributed by atoms with Gasteiger partial charge in [-0.1, -0.05) is 58.0 Å². The fourth-order valence-electron chi connectivity index (χ4n) is 3.44. The summed E-state index contributed by atoms with van der Waals surface area (Å²) in [6, 6.07) is 13.5. The standard InChI is InChI=1S/C25H29N3O2/c1-15(2)20-11-9-17(5)22(24(20)29)27-28-23-18(14-19-8-6-7-13-26-19)10-12-21(16(3)4)25(23)30/h6-13,15-16,29-30H,14H2,1-5H3. The molecule has 3 rings (SSSR count). The molecular weight excluding hydrogens is 374 g/mol. The average molecular weight is 404 g/mol. The van der Waals surface area contributed by atoms with E-state index in [2.05, 4.69) is 15.2 Å². The van der Waals surface area contributed by atoms with Crippen molar-refractivity contribution in [2.45, 2.75) is 52.9 Å². The molecule has 5 heteroatoms. The lowest BCUT2D eigenvalue weighted by atomic mass is 9.97. The minimum absolute atomic E-state index is 0.124. The van der Waals surface area contributed by atoms with Crippen LogP contribution in [-0.2, 0) is 6.42 Å². The summed E-state index contributed by atoms with van der Waals surface area (Å²) in [5.74, 6) is 0.568. The zero-order valence-electron chi connectivity index (χ0n) is 18.2. The Morgan fingerprint density at radius 2 is 1.40 bits per heavy atom. The van der Waals surface area contributed by atoms with Crippen LogP contribution in [0.5, 0.6) is 11.5 Å². The summed E-state index contributed by atoms with van der Waals surface area (Å²) < 4.78 is 0. The molecule has 1 heterocycles. The fraction of sp³-hybridized carbons (Fsp3) is 0.320. The van der Waals surface area contributed by atoms with Crippen molar-refractivity contribution >= 4 is 11.4 Å². The lowest BCUT2D eigenvalue weighted by Gasteiger charge is -2.14. The van der Waals surface area contributed by atoms with Crippen molar-refractivity contribution in [3.63, 3.8) is 0 Å². The summed E-state index contributed by atoms with van der Waals surface area (Å²) in [5.41, 5.74) is 5.02. The predicted molar refractivity (Wildman–Crippen MR) is 120 cm³/mol. The molecule has 2 N–H and O–H groups in total. The maximum absolute atomic E-state index is 10.9. The molecule has 0 saturated heterocycles. The second-order valence-corrected chi connectivity index (χ2v) is 8.19. The van der Waals surface area contributed by atoms with Gasteiger partial charge in [0.05, 0.1) is 0 Å². The fourth-order valence-corrected chi connectivity index (χ4v) is 3.44. The van der Waals surface area contributed by atoms with Gasteiger partial charge in [-0.2, -0.15) is 0 Å². The van der Waals surface area contributed by atoms with Gasteiger partial charge in [0, 0.05) is 18.3 Å². The van der Waals surface area contributed by atoms with E-state index in [4.69, 9.17) is 0 Å². The Hall–Kier alpha value is -3.21. The molecule has 0 aliphatic carbocycles. The number of hydrogen-bond acceptors (Lipinski definition) is 5. The normalized spacial score (nSPS) is 11.7. The first-order valence-corrected chi connectivity index (χ1v) is 10.3. The highest BCUT2D eigenvalue weighted by Gasteiger charge is 2.17. The molecule has 0 unspecified atom stereocenters. The number of aromatic hydroxyl groups is 2. The highest BCUT2D eigenvalue weighted by atomic mass is 16.3. The van der Waals surface area contributed by atoms with Crippen LogP contribution in [0.15, 0.2) is 58.9 Å². The molecular formula is C25H29N3O2. The van der Waals surface area contributed by atoms with E-state index in [1.807, 2.05) is 77.1 Å². The van der Waals surface area contributed by atoms with Gasteiger partial charge in [-0.3, -0.25) is 4.98 Å². The van der Waals surface area contributed by atoms with Crippen LogP contribution in [0.4, 0.5) is 11.4 Å². The quantitative estimate of drug-likeness (QED) is 0.433. The van der Waals surface area contributed by atoms with Crippen molar-refractivity contribution in [3.8, 4) is 11.5 Å². The summed E-state index contributed by atoms with van der Waals surface area (Å²) in [5, 5.41) is 30.5. The Morgan fingerprint density at radius 3 is 2.00 bits per heavy atom. The number of phenolic OH excluding ortho intramolecular Hbond substituents is 2. The van der Waals surface area contributed by atoms with Crippen molar-refractivity contribution in [1.29, 1.82) is 0 Å². The molecule has 156 valence electrons. The van der Waals surface area contributed by atoms with Crippen LogP contribution in [0.2, 0.25) is 0 Å². The summed E-state index contributed by atoms with van der Waals surface area (Å²) in [6.07, 6.45) is 2.27. The molecule has 5 nitrogen and oxygen atoms in total. The zero-order valence-corrected chi connectivity index (χ0v) is 18.2. The van der Waals surface area contributed by atoms with Crippen LogP contribution < -0.4 is 0 Å². The SMILES string of the molecule is Cc1ccc(C(C)C)c(O)c1N=Nc1c(Cc2ccccn2)ccc(C(C)C)c1O. The molecule has 3 aromatic rings. The average Bonchev–Trinajstić information content (AvgIpc) is 2.69. The molecule has 0 atom stereocenters. The second-order valence-electron chi connectivity index (χ2n) is 8.19. The number of hydrogen-bond donors (Lipinski definition) is 2. The number of azo groups is 1. The van der Waals surface area contributed by atoms with Gasteiger partial charge < -0.3 is 10.2 Å². The molecule has 30 heavy (non-hydrogen) atoms. The largest absolute Gasteiger partial charge is 0.505 e. The maximum Gasteiger partial charge on any atom is 0.146 e. The molecule has 0 aliphatic heterocycles. The van der Waals surface area contributed by atoms with E-state index in [1.165, 1.54) is 0 Å². The van der Waals surface area contributed by atoms with E-state index in [-0.39, 0.29) is 23.3 Å². The number of rotatable bonds is 6. The molecule has 2 aromatic carbocycles. The van der Waals surface area contributed by atoms with Gasteiger partial charge in [-0.25, -0.2) is 0 Å². The van der Waals surface area contributed by atoms with Crippen LogP contribution in [0, 0.1) is 6.92 Å². The maximum atomic E-state index is 10.9. The third-order valence-electron chi connectivity index (χ3n) is 5.24. The minimum Gasteiger partial charge on any atom is -0.505 e. The van der Waals surface area contributed by atoms with Crippen molar-refractivity contribution in [3.05, 3.63) is 76.6 Å². The van der Waals surface area contributed by atoms with E-state index < -0.39 is 0 Å². The molecule has 0 amide bonds. The Balaban J connectivity index is 2.10. The first-order chi connectivity index (χ1) is 14.3. The summed E-state index contributed by atoms with van der Waals surface area (Å²) in [6.45, 7) is 9.98. The van der Waals surface area contributed by atoms with Crippen molar-refractivity contribution in [2.75, 3.05) is 0 Å². The lowest BCUT2D eigenvalue weighted by Crippen LogP contribution is -1.95. The zero-order chi connectivity index (χ0) is 21.8. The van der Waals surface area contributed by atoms with Crippen molar-refractivity contribution in [2.24, 2.45) is 10.2 Å². The molecule has 0 spiro atoms. The van der Waals surface area contributed by atoms with Crippen LogP contribution in [0.25, 0.3) is 0 Å². The first-order valence-electron chi connectivity index (χ1n) is 10.3. The number of aryl methyl sites for hydroxylation is 1. The van der Waals surface area contributed by atoms with Gasteiger partial charge in [0.2, 0.25) is 0 Å². The van der Waals surface area contributed by atoms with Crippen LogP contribution in [-0.4, -0.2) is 15.2 Å². The number of aromatic nitrogens is 1. The van der Waals surface area contributed by atoms with Gasteiger partial charge in [0.15, 0.2) is 0 Å². The number of phenols is 2. The van der Waals surface area contributed by atoms with Crippen LogP contribution in [0.1, 0.15) is 67.5 Å². The highest BCUT2D eigenvalue weighted by molar-refractivity contribution is 5.64. The summed E-state index contributed by atoms with van der Waals surface area (Å²) >= 11 is 0. The van der Waals surface area contributed by atoms with Gasteiger partial charge in [-0.15, -0.1) is 10.2 Å². The van der Waals surface area contributed by atoms with E-state index >= 15 is 0 Å². The van der Waals surface area contributed by atoms with E-state index in [0.29, 0.717) is 17.8 Å². The number of benzene rings is 2. The number of nitrogens with zero attached hydrogens (tertiary/aromatic N) is 3. The first kappa shape index (κ1) is 21.5. The van der Waals surface area contributed by atoms with Gasteiger partial charge in [0.1, 0.15) is 22.9 Å². The number of pyridine rings is 1. The minimum atomic E-state index is 0.124. The van der Waals surface area contributed by atoms with E-state index in [0.717, 1.165) is 27.9 Å². The monoisotopic (exact) mass is 403 g/mol.